The van der Waals surface area contributed by atoms with E-state index in [1.807, 2.05) is 68.4 Å². The Balaban J connectivity index is 2.01. The highest BCUT2D eigenvalue weighted by Crippen LogP contribution is 2.37. The molecule has 0 saturated carbocycles. The molecule has 4 nitrogen and oxygen atoms in total. The highest BCUT2D eigenvalue weighted by atomic mass is 16.5. The van der Waals surface area contributed by atoms with Crippen molar-refractivity contribution in [3.63, 3.8) is 0 Å². The summed E-state index contributed by atoms with van der Waals surface area (Å²) in [5.41, 5.74) is 4.29. The maximum absolute atomic E-state index is 13.0. The van der Waals surface area contributed by atoms with Crippen LogP contribution < -0.4 is 0 Å². The number of hydrogen-bond acceptors (Lipinski definition) is 3. The second-order valence-corrected chi connectivity index (χ2v) is 7.02. The number of carbonyl (C=O) groups excluding carboxylic acids is 2. The summed E-state index contributed by atoms with van der Waals surface area (Å²) in [6.45, 7) is 8.02. The van der Waals surface area contributed by atoms with Crippen LogP contribution in [-0.4, -0.2) is 23.4 Å². The van der Waals surface area contributed by atoms with Gasteiger partial charge in [0.2, 0.25) is 5.91 Å². The lowest BCUT2D eigenvalue weighted by molar-refractivity contribution is -0.139. The summed E-state index contributed by atoms with van der Waals surface area (Å²) in [5, 5.41) is 0. The minimum absolute atomic E-state index is 0.00667. The van der Waals surface area contributed by atoms with E-state index in [2.05, 4.69) is 6.58 Å². The summed E-state index contributed by atoms with van der Waals surface area (Å²) in [4.78, 5) is 27.5. The number of rotatable bonds is 6. The van der Waals surface area contributed by atoms with Crippen LogP contribution in [0.5, 0.6) is 0 Å². The van der Waals surface area contributed by atoms with Crippen LogP contribution in [0.15, 0.2) is 78.5 Å². The fourth-order valence-corrected chi connectivity index (χ4v) is 3.53. The first-order valence-corrected chi connectivity index (χ1v) is 9.41. The molecule has 1 unspecified atom stereocenters. The molecular formula is C24H25NO3. The van der Waals surface area contributed by atoms with Gasteiger partial charge in [-0.1, -0.05) is 72.8 Å². The van der Waals surface area contributed by atoms with Gasteiger partial charge in [-0.2, -0.15) is 0 Å². The minimum atomic E-state index is -0.395. The molecule has 28 heavy (non-hydrogen) atoms. The van der Waals surface area contributed by atoms with Crippen LogP contribution in [0.1, 0.15) is 36.0 Å². The molecule has 0 fully saturated rings. The van der Waals surface area contributed by atoms with Gasteiger partial charge in [0.15, 0.2) is 0 Å². The van der Waals surface area contributed by atoms with E-state index in [4.69, 9.17) is 4.74 Å². The number of amides is 1. The molecule has 1 amide bonds. The van der Waals surface area contributed by atoms with Gasteiger partial charge in [-0.15, -0.1) is 0 Å². The SMILES string of the molecule is C=CCOC(=O)C1=C(C)N(Cc2ccccc2)C(=O)CC1c1ccc(C)cc1. The normalized spacial score (nSPS) is 16.9. The first kappa shape index (κ1) is 19.6. The van der Waals surface area contributed by atoms with Crippen molar-refractivity contribution in [1.29, 1.82) is 0 Å². The third kappa shape index (κ3) is 4.22. The molecule has 1 aliphatic heterocycles. The lowest BCUT2D eigenvalue weighted by atomic mass is 9.83. The largest absolute Gasteiger partial charge is 0.458 e. The van der Waals surface area contributed by atoms with Crippen LogP contribution >= 0.6 is 0 Å². The molecular weight excluding hydrogens is 350 g/mol. The average Bonchev–Trinajstić information content (AvgIpc) is 2.70. The minimum Gasteiger partial charge on any atom is -0.458 e. The number of carbonyl (C=O) groups is 2. The molecule has 0 aliphatic carbocycles. The van der Waals surface area contributed by atoms with E-state index in [9.17, 15) is 9.59 Å². The third-order valence-electron chi connectivity index (χ3n) is 5.04. The predicted octanol–water partition coefficient (Wildman–Crippen LogP) is 4.51. The quantitative estimate of drug-likeness (QED) is 0.551. The fraction of sp³-hybridized carbons (Fsp3) is 0.250. The Kier molecular flexibility index (Phi) is 6.09. The summed E-state index contributed by atoms with van der Waals surface area (Å²) in [6, 6.07) is 17.7. The molecule has 1 atom stereocenters. The molecule has 2 aromatic rings. The van der Waals surface area contributed by atoms with Gasteiger partial charge in [-0.05, 0) is 25.0 Å². The molecule has 0 saturated heterocycles. The number of nitrogens with zero attached hydrogens (tertiary/aromatic N) is 1. The summed E-state index contributed by atoms with van der Waals surface area (Å²) in [6.07, 6.45) is 1.79. The summed E-state index contributed by atoms with van der Waals surface area (Å²) < 4.78 is 5.36. The van der Waals surface area contributed by atoms with E-state index in [1.54, 1.807) is 11.0 Å². The lowest BCUT2D eigenvalue weighted by Gasteiger charge is -2.34. The van der Waals surface area contributed by atoms with Gasteiger partial charge < -0.3 is 9.64 Å². The molecule has 0 aromatic heterocycles. The van der Waals surface area contributed by atoms with Crippen molar-refractivity contribution in [3.8, 4) is 0 Å². The predicted molar refractivity (Wildman–Crippen MR) is 109 cm³/mol. The van der Waals surface area contributed by atoms with Crippen molar-refractivity contribution in [3.05, 3.63) is 95.2 Å². The van der Waals surface area contributed by atoms with Crippen molar-refractivity contribution in [2.45, 2.75) is 32.7 Å². The number of aryl methyl sites for hydroxylation is 1. The number of esters is 1. The first-order chi connectivity index (χ1) is 13.5. The molecule has 2 aromatic carbocycles. The highest BCUT2D eigenvalue weighted by Gasteiger charge is 2.36. The third-order valence-corrected chi connectivity index (χ3v) is 5.04. The molecule has 0 radical (unpaired) electrons. The molecule has 1 aliphatic rings. The Morgan fingerprint density at radius 3 is 2.46 bits per heavy atom. The maximum atomic E-state index is 13.0. The molecule has 4 heteroatoms. The van der Waals surface area contributed by atoms with E-state index < -0.39 is 5.97 Å². The van der Waals surface area contributed by atoms with Crippen LogP contribution in [0.25, 0.3) is 0 Å². The molecule has 0 spiro atoms. The van der Waals surface area contributed by atoms with Crippen molar-refractivity contribution in [1.82, 2.24) is 4.90 Å². The Morgan fingerprint density at radius 1 is 1.14 bits per heavy atom. The van der Waals surface area contributed by atoms with Crippen LogP contribution in [0.2, 0.25) is 0 Å². The van der Waals surface area contributed by atoms with Gasteiger partial charge in [0.05, 0.1) is 12.1 Å². The Labute approximate surface area is 166 Å². The molecule has 0 N–H and O–H groups in total. The fourth-order valence-electron chi connectivity index (χ4n) is 3.53. The topological polar surface area (TPSA) is 46.6 Å². The maximum Gasteiger partial charge on any atom is 0.336 e. The Bertz CT molecular complexity index is 897. The van der Waals surface area contributed by atoms with Crippen molar-refractivity contribution in [2.75, 3.05) is 6.61 Å². The summed E-state index contributed by atoms with van der Waals surface area (Å²) in [7, 11) is 0. The van der Waals surface area contributed by atoms with Gasteiger partial charge in [0.1, 0.15) is 6.61 Å². The van der Waals surface area contributed by atoms with E-state index in [1.165, 1.54) is 0 Å². The molecule has 0 bridgehead atoms. The van der Waals surface area contributed by atoms with Crippen molar-refractivity contribution >= 4 is 11.9 Å². The number of allylic oxidation sites excluding steroid dienone is 1. The second-order valence-electron chi connectivity index (χ2n) is 7.02. The monoisotopic (exact) mass is 375 g/mol. The van der Waals surface area contributed by atoms with Gasteiger partial charge in [-0.3, -0.25) is 4.79 Å². The molecule has 1 heterocycles. The second kappa shape index (κ2) is 8.70. The zero-order valence-electron chi connectivity index (χ0n) is 16.4. The average molecular weight is 375 g/mol. The number of hydrogen-bond donors (Lipinski definition) is 0. The highest BCUT2D eigenvalue weighted by molar-refractivity contribution is 5.95. The van der Waals surface area contributed by atoms with Crippen molar-refractivity contribution in [2.24, 2.45) is 0 Å². The van der Waals surface area contributed by atoms with Gasteiger partial charge in [0.25, 0.3) is 0 Å². The van der Waals surface area contributed by atoms with E-state index >= 15 is 0 Å². The lowest BCUT2D eigenvalue weighted by Crippen LogP contribution is -2.38. The zero-order valence-corrected chi connectivity index (χ0v) is 16.4. The van der Waals surface area contributed by atoms with Crippen LogP contribution in [0.3, 0.4) is 0 Å². The number of ether oxygens (including phenoxy) is 1. The Hall–Kier alpha value is -3.14. The van der Waals surface area contributed by atoms with Gasteiger partial charge in [-0.25, -0.2) is 4.79 Å². The summed E-state index contributed by atoms with van der Waals surface area (Å²) >= 11 is 0. The van der Waals surface area contributed by atoms with Gasteiger partial charge in [0, 0.05) is 18.0 Å². The van der Waals surface area contributed by atoms with Crippen LogP contribution in [0.4, 0.5) is 0 Å². The smallest absolute Gasteiger partial charge is 0.336 e. The van der Waals surface area contributed by atoms with E-state index in [0.717, 1.165) is 16.7 Å². The van der Waals surface area contributed by atoms with Crippen LogP contribution in [0, 0.1) is 6.92 Å². The number of benzene rings is 2. The van der Waals surface area contributed by atoms with Gasteiger partial charge >= 0.3 is 5.97 Å². The Morgan fingerprint density at radius 2 is 1.82 bits per heavy atom. The van der Waals surface area contributed by atoms with E-state index in [-0.39, 0.29) is 24.9 Å². The standard InChI is InChI=1S/C24H25NO3/c1-4-14-28-24(27)23-18(3)25(16-19-8-6-5-7-9-19)22(26)15-21(23)20-12-10-17(2)11-13-20/h4-13,21H,1,14-16H2,2-3H3. The first-order valence-electron chi connectivity index (χ1n) is 9.41. The van der Waals surface area contributed by atoms with Crippen molar-refractivity contribution < 1.29 is 14.3 Å². The molecule has 3 rings (SSSR count). The zero-order chi connectivity index (χ0) is 20.1. The van der Waals surface area contributed by atoms with E-state index in [0.29, 0.717) is 17.8 Å². The molecule has 144 valence electrons. The summed E-state index contributed by atoms with van der Waals surface area (Å²) in [5.74, 6) is -0.696. The van der Waals surface area contributed by atoms with Crippen LogP contribution in [-0.2, 0) is 20.9 Å².